The Labute approximate surface area is 151 Å². The van der Waals surface area contributed by atoms with Crippen LogP contribution in [0.3, 0.4) is 0 Å². The van der Waals surface area contributed by atoms with E-state index in [1.54, 1.807) is 0 Å². The summed E-state index contributed by atoms with van der Waals surface area (Å²) in [6, 6.07) is 6.93. The quantitative estimate of drug-likeness (QED) is 0.467. The zero-order valence-corrected chi connectivity index (χ0v) is 14.1. The van der Waals surface area contributed by atoms with Crippen molar-refractivity contribution in [2.45, 2.75) is 0 Å². The minimum Gasteiger partial charge on any atom is -0.495 e. The molecular weight excluding hydrogens is 371 g/mol. The minimum atomic E-state index is -1.08. The molecular formula is C16H12ClFN2O6. The Morgan fingerprint density at radius 3 is 2.65 bits per heavy atom. The average molecular weight is 383 g/mol. The summed E-state index contributed by atoms with van der Waals surface area (Å²) in [5.74, 6) is -2.54. The highest BCUT2D eigenvalue weighted by Gasteiger charge is 2.17. The lowest BCUT2D eigenvalue weighted by atomic mass is 10.2. The molecule has 0 aliphatic rings. The van der Waals surface area contributed by atoms with E-state index in [4.69, 9.17) is 21.1 Å². The average Bonchev–Trinajstić information content (AvgIpc) is 2.61. The van der Waals surface area contributed by atoms with Crippen molar-refractivity contribution in [2.24, 2.45) is 0 Å². The number of carbonyl (C=O) groups is 2. The first kappa shape index (κ1) is 19.1. The van der Waals surface area contributed by atoms with E-state index in [1.807, 2.05) is 0 Å². The van der Waals surface area contributed by atoms with Crippen molar-refractivity contribution in [1.82, 2.24) is 0 Å². The van der Waals surface area contributed by atoms with E-state index in [0.29, 0.717) is 0 Å². The van der Waals surface area contributed by atoms with Gasteiger partial charge in [0.1, 0.15) is 11.6 Å². The van der Waals surface area contributed by atoms with Crippen molar-refractivity contribution >= 4 is 34.9 Å². The third-order valence-corrected chi connectivity index (χ3v) is 3.39. The molecule has 0 aliphatic heterocycles. The molecule has 1 N–H and O–H groups in total. The SMILES string of the molecule is COc1ccc([N+](=O)[O-])cc1NC(=O)COC(=O)c1cc(Cl)ccc1F. The molecule has 0 radical (unpaired) electrons. The smallest absolute Gasteiger partial charge is 0.341 e. The van der Waals surface area contributed by atoms with Gasteiger partial charge in [-0.1, -0.05) is 11.6 Å². The maximum Gasteiger partial charge on any atom is 0.341 e. The van der Waals surface area contributed by atoms with E-state index >= 15 is 0 Å². The molecule has 0 heterocycles. The van der Waals surface area contributed by atoms with Crippen LogP contribution in [-0.4, -0.2) is 30.5 Å². The number of nitrogens with one attached hydrogen (secondary N) is 1. The Morgan fingerprint density at radius 1 is 1.27 bits per heavy atom. The predicted octanol–water partition coefficient (Wildman–Crippen LogP) is 3.19. The summed E-state index contributed by atoms with van der Waals surface area (Å²) in [6.45, 7) is -0.739. The third kappa shape index (κ3) is 4.67. The fourth-order valence-electron chi connectivity index (χ4n) is 1.96. The maximum atomic E-state index is 13.6. The van der Waals surface area contributed by atoms with Crippen molar-refractivity contribution in [2.75, 3.05) is 19.0 Å². The number of nitro benzene ring substituents is 1. The minimum absolute atomic E-state index is 0.0247. The van der Waals surface area contributed by atoms with Crippen LogP contribution in [0.2, 0.25) is 5.02 Å². The fraction of sp³-hybridized carbons (Fsp3) is 0.125. The summed E-state index contributed by atoms with van der Waals surface area (Å²) in [7, 11) is 1.32. The summed E-state index contributed by atoms with van der Waals surface area (Å²) in [6.07, 6.45) is 0. The topological polar surface area (TPSA) is 108 Å². The zero-order chi connectivity index (χ0) is 19.3. The number of nitro groups is 1. The molecule has 0 unspecified atom stereocenters. The molecule has 0 atom stereocenters. The number of ether oxygens (including phenoxy) is 2. The van der Waals surface area contributed by atoms with Gasteiger partial charge in [0, 0.05) is 17.2 Å². The third-order valence-electron chi connectivity index (χ3n) is 3.15. The standard InChI is InChI=1S/C16H12ClFN2O6/c1-25-14-5-3-10(20(23)24)7-13(14)19-15(21)8-26-16(22)11-6-9(17)2-4-12(11)18/h2-7H,8H2,1H3,(H,19,21). The second-order valence-electron chi connectivity index (χ2n) is 4.89. The molecule has 2 aromatic rings. The van der Waals surface area contributed by atoms with Gasteiger partial charge in [-0.2, -0.15) is 0 Å². The van der Waals surface area contributed by atoms with E-state index < -0.39 is 34.8 Å². The van der Waals surface area contributed by atoms with Crippen LogP contribution in [0.15, 0.2) is 36.4 Å². The number of benzene rings is 2. The largest absolute Gasteiger partial charge is 0.495 e. The van der Waals surface area contributed by atoms with Crippen molar-refractivity contribution < 1.29 is 28.4 Å². The highest BCUT2D eigenvalue weighted by atomic mass is 35.5. The lowest BCUT2D eigenvalue weighted by Gasteiger charge is -2.10. The normalized spacial score (nSPS) is 10.1. The van der Waals surface area contributed by atoms with Crippen molar-refractivity contribution in [3.63, 3.8) is 0 Å². The Bertz CT molecular complexity index is 874. The molecule has 136 valence electrons. The Balaban J connectivity index is 2.05. The van der Waals surface area contributed by atoms with Crippen molar-refractivity contribution in [3.05, 3.63) is 62.9 Å². The van der Waals surface area contributed by atoms with Gasteiger partial charge >= 0.3 is 5.97 Å². The highest BCUT2D eigenvalue weighted by molar-refractivity contribution is 6.30. The molecule has 26 heavy (non-hydrogen) atoms. The summed E-state index contributed by atoms with van der Waals surface area (Å²) < 4.78 is 23.3. The molecule has 0 bridgehead atoms. The summed E-state index contributed by atoms with van der Waals surface area (Å²) >= 11 is 5.68. The number of amides is 1. The van der Waals surface area contributed by atoms with Crippen LogP contribution in [0.25, 0.3) is 0 Å². The fourth-order valence-corrected chi connectivity index (χ4v) is 2.13. The van der Waals surface area contributed by atoms with E-state index in [0.717, 1.165) is 18.2 Å². The molecule has 10 heteroatoms. The molecule has 2 rings (SSSR count). The first-order valence-electron chi connectivity index (χ1n) is 7.06. The maximum absolute atomic E-state index is 13.6. The van der Waals surface area contributed by atoms with Crippen LogP contribution in [-0.2, 0) is 9.53 Å². The number of carbonyl (C=O) groups excluding carboxylic acids is 2. The number of nitrogens with zero attached hydrogens (tertiary/aromatic N) is 1. The molecule has 0 saturated carbocycles. The molecule has 1 amide bonds. The van der Waals surface area contributed by atoms with Gasteiger partial charge in [0.05, 0.1) is 23.3 Å². The number of anilines is 1. The van der Waals surface area contributed by atoms with Gasteiger partial charge < -0.3 is 14.8 Å². The summed E-state index contributed by atoms with van der Waals surface area (Å²) in [5.41, 5.74) is -0.658. The van der Waals surface area contributed by atoms with Gasteiger partial charge in [0.15, 0.2) is 6.61 Å². The van der Waals surface area contributed by atoms with Crippen LogP contribution < -0.4 is 10.1 Å². The lowest BCUT2D eigenvalue weighted by molar-refractivity contribution is -0.384. The van der Waals surface area contributed by atoms with Crippen LogP contribution in [0.4, 0.5) is 15.8 Å². The van der Waals surface area contributed by atoms with Gasteiger partial charge in [-0.25, -0.2) is 9.18 Å². The molecule has 0 fully saturated rings. The first-order chi connectivity index (χ1) is 12.3. The summed E-state index contributed by atoms with van der Waals surface area (Å²) in [4.78, 5) is 33.9. The Morgan fingerprint density at radius 2 is 2.00 bits per heavy atom. The molecule has 2 aromatic carbocycles. The number of hydrogen-bond donors (Lipinski definition) is 1. The van der Waals surface area contributed by atoms with Gasteiger partial charge in [-0.3, -0.25) is 14.9 Å². The lowest BCUT2D eigenvalue weighted by Crippen LogP contribution is -2.21. The first-order valence-corrected chi connectivity index (χ1v) is 7.44. The molecule has 0 aromatic heterocycles. The van der Waals surface area contributed by atoms with Crippen LogP contribution in [0, 0.1) is 15.9 Å². The van der Waals surface area contributed by atoms with Crippen molar-refractivity contribution in [3.8, 4) is 5.75 Å². The van der Waals surface area contributed by atoms with E-state index in [1.165, 1.54) is 25.3 Å². The summed E-state index contributed by atoms with van der Waals surface area (Å²) in [5, 5.41) is 13.3. The van der Waals surface area contributed by atoms with Gasteiger partial charge in [0.2, 0.25) is 0 Å². The van der Waals surface area contributed by atoms with Gasteiger partial charge in [-0.15, -0.1) is 0 Å². The molecule has 8 nitrogen and oxygen atoms in total. The molecule has 0 saturated heterocycles. The molecule has 0 aliphatic carbocycles. The van der Waals surface area contributed by atoms with Crippen LogP contribution in [0.5, 0.6) is 5.75 Å². The monoisotopic (exact) mass is 382 g/mol. The number of rotatable bonds is 6. The van der Waals surface area contributed by atoms with Crippen LogP contribution in [0.1, 0.15) is 10.4 Å². The highest BCUT2D eigenvalue weighted by Crippen LogP contribution is 2.28. The number of halogens is 2. The van der Waals surface area contributed by atoms with Crippen molar-refractivity contribution in [1.29, 1.82) is 0 Å². The number of methoxy groups -OCH3 is 1. The predicted molar refractivity (Wildman–Crippen MR) is 90.0 cm³/mol. The van der Waals surface area contributed by atoms with E-state index in [2.05, 4.69) is 5.32 Å². The zero-order valence-electron chi connectivity index (χ0n) is 13.3. The Kier molecular flexibility index (Phi) is 6.07. The second kappa shape index (κ2) is 8.26. The number of non-ortho nitro benzene ring substituents is 1. The number of hydrogen-bond acceptors (Lipinski definition) is 6. The molecule has 0 spiro atoms. The number of esters is 1. The van der Waals surface area contributed by atoms with Crippen LogP contribution >= 0.6 is 11.6 Å². The van der Waals surface area contributed by atoms with E-state index in [-0.39, 0.29) is 22.1 Å². The van der Waals surface area contributed by atoms with E-state index in [9.17, 15) is 24.1 Å². The van der Waals surface area contributed by atoms with Gasteiger partial charge in [0.25, 0.3) is 11.6 Å². The van der Waals surface area contributed by atoms with Gasteiger partial charge in [-0.05, 0) is 24.3 Å². The second-order valence-corrected chi connectivity index (χ2v) is 5.33. The Hall–Kier alpha value is -3.20.